The van der Waals surface area contributed by atoms with E-state index in [0.29, 0.717) is 23.2 Å². The second-order valence-electron chi connectivity index (χ2n) is 7.26. The summed E-state index contributed by atoms with van der Waals surface area (Å²) in [5.74, 6) is 1.66. The molecule has 31 heavy (non-hydrogen) atoms. The van der Waals surface area contributed by atoms with E-state index in [1.165, 1.54) is 18.2 Å². The summed E-state index contributed by atoms with van der Waals surface area (Å²) in [7, 11) is 0. The number of nitrogens with zero attached hydrogens (tertiary/aromatic N) is 1. The zero-order valence-electron chi connectivity index (χ0n) is 17.0. The van der Waals surface area contributed by atoms with Crippen LogP contribution in [0.1, 0.15) is 23.6 Å². The Hall–Kier alpha value is -2.74. The third kappa shape index (κ3) is 6.62. The van der Waals surface area contributed by atoms with E-state index in [2.05, 4.69) is 5.32 Å². The summed E-state index contributed by atoms with van der Waals surface area (Å²) in [5.41, 5.74) is 1.80. The minimum absolute atomic E-state index is 0.104. The van der Waals surface area contributed by atoms with Crippen molar-refractivity contribution in [2.75, 3.05) is 29.9 Å². The predicted molar refractivity (Wildman–Crippen MR) is 118 cm³/mol. The van der Waals surface area contributed by atoms with Gasteiger partial charge in [-0.25, -0.2) is 0 Å². The molecule has 164 valence electrons. The number of nitrogens with one attached hydrogen (secondary N) is 1. The van der Waals surface area contributed by atoms with Crippen molar-refractivity contribution in [3.05, 3.63) is 71.3 Å². The smallest absolute Gasteiger partial charge is 0.341 e. The third-order valence-corrected chi connectivity index (χ3v) is 5.90. The normalized spacial score (nSPS) is 15.0. The molecule has 0 atom stereocenters. The van der Waals surface area contributed by atoms with Crippen molar-refractivity contribution >= 4 is 34.8 Å². The molecular weight excluding hydrogens is 425 g/mol. The number of thioether (sulfide) groups is 1. The summed E-state index contributed by atoms with van der Waals surface area (Å²) < 4.78 is 38.0. The lowest BCUT2D eigenvalue weighted by atomic mass is 10.0. The van der Waals surface area contributed by atoms with E-state index >= 15 is 0 Å². The van der Waals surface area contributed by atoms with Gasteiger partial charge in [-0.3, -0.25) is 9.59 Å². The number of benzene rings is 2. The van der Waals surface area contributed by atoms with E-state index in [1.807, 2.05) is 16.7 Å². The molecule has 1 saturated heterocycles. The van der Waals surface area contributed by atoms with Crippen LogP contribution in [0.3, 0.4) is 0 Å². The van der Waals surface area contributed by atoms with Gasteiger partial charge in [-0.15, -0.1) is 0 Å². The van der Waals surface area contributed by atoms with Gasteiger partial charge in [-0.05, 0) is 47.9 Å². The van der Waals surface area contributed by atoms with Crippen LogP contribution in [0.2, 0.25) is 0 Å². The zero-order valence-corrected chi connectivity index (χ0v) is 17.9. The first-order valence-corrected chi connectivity index (χ1v) is 11.0. The van der Waals surface area contributed by atoms with Crippen LogP contribution in [0.4, 0.5) is 18.9 Å². The summed E-state index contributed by atoms with van der Waals surface area (Å²) in [6, 6.07) is 11.7. The number of carbonyl (C=O) groups is 2. The van der Waals surface area contributed by atoms with Crippen molar-refractivity contribution in [3.63, 3.8) is 0 Å². The monoisotopic (exact) mass is 448 g/mol. The topological polar surface area (TPSA) is 49.4 Å². The average molecular weight is 449 g/mol. The first kappa shape index (κ1) is 22.9. The van der Waals surface area contributed by atoms with Crippen LogP contribution in [-0.4, -0.2) is 41.3 Å². The standard InChI is InChI=1S/C23H23F3N2O2S/c1-16(18-4-6-19(7-5-18)23(24,25)26)14-21(29)27-20-8-2-17(3-9-20)15-22(30)28-10-12-31-13-11-28/h2-9,14H,10-13,15H2,1H3,(H,27,29). The van der Waals surface area contributed by atoms with Crippen LogP contribution >= 0.6 is 11.8 Å². The van der Waals surface area contributed by atoms with Crippen LogP contribution in [0.25, 0.3) is 5.57 Å². The fourth-order valence-electron chi connectivity index (χ4n) is 3.19. The van der Waals surface area contributed by atoms with E-state index in [-0.39, 0.29) is 11.8 Å². The van der Waals surface area contributed by atoms with Gasteiger partial charge in [0.25, 0.3) is 0 Å². The number of hydrogen-bond acceptors (Lipinski definition) is 3. The fourth-order valence-corrected chi connectivity index (χ4v) is 4.09. The molecule has 0 saturated carbocycles. The van der Waals surface area contributed by atoms with Crippen molar-refractivity contribution in [1.29, 1.82) is 0 Å². The third-order valence-electron chi connectivity index (χ3n) is 4.96. The van der Waals surface area contributed by atoms with E-state index in [9.17, 15) is 22.8 Å². The number of carbonyl (C=O) groups excluding carboxylic acids is 2. The predicted octanol–water partition coefficient (Wildman–Crippen LogP) is 4.87. The van der Waals surface area contributed by atoms with Gasteiger partial charge in [0.2, 0.25) is 11.8 Å². The van der Waals surface area contributed by atoms with Crippen LogP contribution in [0.5, 0.6) is 0 Å². The van der Waals surface area contributed by atoms with E-state index in [1.54, 1.807) is 31.2 Å². The number of rotatable bonds is 5. The molecule has 1 aliphatic rings. The molecule has 1 fully saturated rings. The maximum atomic E-state index is 12.7. The summed E-state index contributed by atoms with van der Waals surface area (Å²) in [4.78, 5) is 26.5. The lowest BCUT2D eigenvalue weighted by Crippen LogP contribution is -2.38. The largest absolute Gasteiger partial charge is 0.416 e. The van der Waals surface area contributed by atoms with Crippen molar-refractivity contribution in [2.24, 2.45) is 0 Å². The van der Waals surface area contributed by atoms with E-state index < -0.39 is 11.7 Å². The summed E-state index contributed by atoms with van der Waals surface area (Å²) in [6.45, 7) is 3.22. The molecule has 0 radical (unpaired) electrons. The molecule has 1 heterocycles. The molecule has 1 N–H and O–H groups in total. The molecule has 0 bridgehead atoms. The van der Waals surface area contributed by atoms with Gasteiger partial charge in [0, 0.05) is 36.4 Å². The maximum absolute atomic E-state index is 12.7. The molecule has 0 unspecified atom stereocenters. The van der Waals surface area contributed by atoms with E-state index in [0.717, 1.165) is 42.3 Å². The first-order chi connectivity index (χ1) is 14.7. The zero-order chi connectivity index (χ0) is 22.4. The quantitative estimate of drug-likeness (QED) is 0.665. The molecule has 2 aromatic rings. The molecule has 4 nitrogen and oxygen atoms in total. The molecule has 0 aliphatic carbocycles. The SMILES string of the molecule is CC(=CC(=O)Nc1ccc(CC(=O)N2CCSCC2)cc1)c1ccc(C(F)(F)F)cc1. The minimum Gasteiger partial charge on any atom is -0.341 e. The van der Waals surface area contributed by atoms with Gasteiger partial charge in [-0.2, -0.15) is 24.9 Å². The number of anilines is 1. The second kappa shape index (κ2) is 10.0. The molecule has 2 aromatic carbocycles. The Morgan fingerprint density at radius 1 is 1.03 bits per heavy atom. The van der Waals surface area contributed by atoms with Crippen LogP contribution in [0, 0.1) is 0 Å². The first-order valence-electron chi connectivity index (χ1n) is 9.84. The Morgan fingerprint density at radius 3 is 2.23 bits per heavy atom. The number of alkyl halides is 3. The number of hydrogen-bond donors (Lipinski definition) is 1. The Balaban J connectivity index is 1.56. The van der Waals surface area contributed by atoms with Crippen LogP contribution in [0.15, 0.2) is 54.6 Å². The summed E-state index contributed by atoms with van der Waals surface area (Å²) in [5, 5.41) is 2.73. The molecule has 0 aromatic heterocycles. The maximum Gasteiger partial charge on any atom is 0.416 e. The highest BCUT2D eigenvalue weighted by Crippen LogP contribution is 2.30. The van der Waals surface area contributed by atoms with Crippen LogP contribution in [-0.2, 0) is 22.2 Å². The van der Waals surface area contributed by atoms with E-state index in [4.69, 9.17) is 0 Å². The highest BCUT2D eigenvalue weighted by molar-refractivity contribution is 7.99. The van der Waals surface area contributed by atoms with Gasteiger partial charge in [0.05, 0.1) is 12.0 Å². The Bertz CT molecular complexity index is 948. The van der Waals surface area contributed by atoms with Crippen molar-refractivity contribution in [3.8, 4) is 0 Å². The van der Waals surface area contributed by atoms with Gasteiger partial charge in [-0.1, -0.05) is 24.3 Å². The summed E-state index contributed by atoms with van der Waals surface area (Å²) in [6.07, 6.45) is -2.72. The Morgan fingerprint density at radius 2 is 1.65 bits per heavy atom. The highest BCUT2D eigenvalue weighted by atomic mass is 32.2. The molecule has 0 spiro atoms. The number of halogens is 3. The summed E-state index contributed by atoms with van der Waals surface area (Å²) >= 11 is 1.85. The molecule has 2 amide bonds. The fraction of sp³-hybridized carbons (Fsp3) is 0.304. The van der Waals surface area contributed by atoms with Gasteiger partial charge in [0.15, 0.2) is 0 Å². The van der Waals surface area contributed by atoms with Crippen molar-refractivity contribution in [2.45, 2.75) is 19.5 Å². The van der Waals surface area contributed by atoms with Crippen LogP contribution < -0.4 is 5.32 Å². The van der Waals surface area contributed by atoms with Gasteiger partial charge < -0.3 is 10.2 Å². The lowest BCUT2D eigenvalue weighted by molar-refractivity contribution is -0.137. The molecular formula is C23H23F3N2O2S. The minimum atomic E-state index is -4.39. The number of allylic oxidation sites excluding steroid dienone is 1. The lowest BCUT2D eigenvalue weighted by Gasteiger charge is -2.26. The van der Waals surface area contributed by atoms with Crippen molar-refractivity contribution in [1.82, 2.24) is 4.90 Å². The second-order valence-corrected chi connectivity index (χ2v) is 8.48. The Labute approximate surface area is 183 Å². The average Bonchev–Trinajstić information content (AvgIpc) is 2.75. The van der Waals surface area contributed by atoms with Gasteiger partial charge in [0.1, 0.15) is 0 Å². The van der Waals surface area contributed by atoms with Crippen molar-refractivity contribution < 1.29 is 22.8 Å². The number of amides is 2. The van der Waals surface area contributed by atoms with Gasteiger partial charge >= 0.3 is 6.18 Å². The molecule has 3 rings (SSSR count). The Kier molecular flexibility index (Phi) is 7.43. The molecule has 1 aliphatic heterocycles. The highest BCUT2D eigenvalue weighted by Gasteiger charge is 2.29. The molecule has 8 heteroatoms.